The van der Waals surface area contributed by atoms with Crippen molar-refractivity contribution in [3.63, 3.8) is 0 Å². The maximum atomic E-state index is 8.50. The van der Waals surface area contributed by atoms with E-state index in [1.807, 2.05) is 38.2 Å². The van der Waals surface area contributed by atoms with Gasteiger partial charge in [-0.25, -0.2) is 0 Å². The van der Waals surface area contributed by atoms with Crippen molar-refractivity contribution >= 4 is 0 Å². The standard InChI is InChI=1S/C23H27N2/c1-16-11-10-14-18-21(16)25-20(23(4,5)22(18,2)3)15-19(24(25)6)17-12-8-7-9-13-17/h7-15H,1-6H3/q+1/i4D3. The molecule has 3 aromatic rings. The van der Waals surface area contributed by atoms with E-state index in [0.29, 0.717) is 0 Å². The number of para-hydroxylation sites is 1. The number of rotatable bonds is 1. The van der Waals surface area contributed by atoms with Crippen LogP contribution in [0, 0.1) is 6.92 Å². The summed E-state index contributed by atoms with van der Waals surface area (Å²) in [6.07, 6.45) is 0. The monoisotopic (exact) mass is 334 g/mol. The fraction of sp³-hybridized carbons (Fsp3) is 0.348. The average molecular weight is 335 g/mol. The summed E-state index contributed by atoms with van der Waals surface area (Å²) in [5.74, 6) is 0. The van der Waals surface area contributed by atoms with E-state index in [2.05, 4.69) is 60.5 Å². The Morgan fingerprint density at radius 1 is 0.960 bits per heavy atom. The third-order valence-electron chi connectivity index (χ3n) is 6.11. The van der Waals surface area contributed by atoms with Crippen LogP contribution in [-0.4, -0.2) is 4.68 Å². The largest absolute Gasteiger partial charge is 0.239 e. The second kappa shape index (κ2) is 5.08. The fourth-order valence-corrected chi connectivity index (χ4v) is 4.09. The first kappa shape index (κ1) is 12.9. The van der Waals surface area contributed by atoms with Gasteiger partial charge in [0.1, 0.15) is 5.69 Å². The maximum absolute atomic E-state index is 8.50. The molecular weight excluding hydrogens is 304 g/mol. The Hall–Kier alpha value is -2.35. The molecule has 2 heteroatoms. The first-order valence-electron chi connectivity index (χ1n) is 10.3. The van der Waals surface area contributed by atoms with E-state index < -0.39 is 17.7 Å². The number of aromatic nitrogens is 2. The summed E-state index contributed by atoms with van der Waals surface area (Å²) in [6.45, 7) is 5.96. The number of hydrogen-bond acceptors (Lipinski definition) is 0. The molecule has 1 unspecified atom stereocenters. The third kappa shape index (κ3) is 2.00. The summed E-state index contributed by atoms with van der Waals surface area (Å²) in [5, 5.41) is 0. The van der Waals surface area contributed by atoms with Gasteiger partial charge in [0.15, 0.2) is 7.05 Å². The molecule has 128 valence electrons. The second-order valence-corrected chi connectivity index (χ2v) is 7.84. The molecule has 0 bridgehead atoms. The number of hydrogen-bond donors (Lipinski definition) is 0. The molecule has 0 fully saturated rings. The molecule has 0 saturated heterocycles. The van der Waals surface area contributed by atoms with Crippen LogP contribution in [0.5, 0.6) is 0 Å². The van der Waals surface area contributed by atoms with Crippen LogP contribution in [0.1, 0.15) is 48.6 Å². The molecule has 0 aliphatic carbocycles. The second-order valence-electron chi connectivity index (χ2n) is 7.84. The first-order valence-corrected chi connectivity index (χ1v) is 8.80. The summed E-state index contributed by atoms with van der Waals surface area (Å²) in [6, 6.07) is 18.4. The van der Waals surface area contributed by atoms with E-state index in [1.54, 1.807) is 0 Å². The van der Waals surface area contributed by atoms with Gasteiger partial charge >= 0.3 is 0 Å². The van der Waals surface area contributed by atoms with Crippen LogP contribution in [0.25, 0.3) is 16.9 Å². The molecule has 2 aromatic carbocycles. The summed E-state index contributed by atoms with van der Waals surface area (Å²) in [7, 11) is 2.01. The molecule has 25 heavy (non-hydrogen) atoms. The predicted molar refractivity (Wildman–Crippen MR) is 103 cm³/mol. The Morgan fingerprint density at radius 2 is 1.68 bits per heavy atom. The Bertz CT molecular complexity index is 1060. The van der Waals surface area contributed by atoms with Crippen LogP contribution >= 0.6 is 0 Å². The predicted octanol–water partition coefficient (Wildman–Crippen LogP) is 4.85. The van der Waals surface area contributed by atoms with E-state index in [9.17, 15) is 0 Å². The van der Waals surface area contributed by atoms with Crippen LogP contribution in [0.2, 0.25) is 0 Å². The van der Waals surface area contributed by atoms with Crippen LogP contribution in [0.15, 0.2) is 54.6 Å². The van der Waals surface area contributed by atoms with Crippen LogP contribution in [-0.2, 0) is 17.9 Å². The molecule has 0 N–H and O–H groups in total. The zero-order chi connectivity index (χ0) is 20.5. The molecule has 0 spiro atoms. The number of nitrogens with zero attached hydrogens (tertiary/aromatic N) is 2. The van der Waals surface area contributed by atoms with Crippen LogP contribution in [0.4, 0.5) is 0 Å². The Labute approximate surface area is 154 Å². The number of fused-ring (bicyclic) bond motifs is 3. The molecule has 2 heterocycles. The van der Waals surface area contributed by atoms with Gasteiger partial charge in [0.05, 0.1) is 5.69 Å². The van der Waals surface area contributed by atoms with Gasteiger partial charge < -0.3 is 0 Å². The molecule has 4 rings (SSSR count). The first-order chi connectivity index (χ1) is 13.0. The molecule has 0 saturated carbocycles. The smallest absolute Gasteiger partial charge is 0.124 e. The van der Waals surface area contributed by atoms with Crippen molar-refractivity contribution in [3.8, 4) is 16.9 Å². The van der Waals surface area contributed by atoms with Gasteiger partial charge in [-0.1, -0.05) is 64.0 Å². The van der Waals surface area contributed by atoms with Gasteiger partial charge in [0.25, 0.3) is 0 Å². The highest BCUT2D eigenvalue weighted by atomic mass is 15.4. The van der Waals surface area contributed by atoms with E-state index in [4.69, 9.17) is 4.11 Å². The number of aryl methyl sites for hydroxylation is 1. The van der Waals surface area contributed by atoms with Gasteiger partial charge in [-0.05, 0) is 30.2 Å². The lowest BCUT2D eigenvalue weighted by molar-refractivity contribution is -0.735. The molecule has 0 amide bonds. The van der Waals surface area contributed by atoms with Crippen LogP contribution in [0.3, 0.4) is 0 Å². The summed E-state index contributed by atoms with van der Waals surface area (Å²) in [5.41, 5.74) is 4.63. The molecule has 1 aliphatic heterocycles. The Kier molecular flexibility index (Phi) is 2.63. The van der Waals surface area contributed by atoms with Gasteiger partial charge in [0.2, 0.25) is 5.69 Å². The highest BCUT2D eigenvalue weighted by molar-refractivity contribution is 5.61. The highest BCUT2D eigenvalue weighted by Crippen LogP contribution is 2.50. The molecular formula is C23H27N2+. The van der Waals surface area contributed by atoms with Gasteiger partial charge in [-0.2, -0.15) is 0 Å². The molecule has 1 atom stereocenters. The lowest BCUT2D eigenvalue weighted by Gasteiger charge is -2.46. The minimum atomic E-state index is -2.16. The van der Waals surface area contributed by atoms with Crippen molar-refractivity contribution in [2.24, 2.45) is 7.05 Å². The zero-order valence-electron chi connectivity index (χ0n) is 18.6. The summed E-state index contributed by atoms with van der Waals surface area (Å²) >= 11 is 0. The van der Waals surface area contributed by atoms with Crippen molar-refractivity contribution < 1.29 is 8.79 Å². The van der Waals surface area contributed by atoms with E-state index in [-0.39, 0.29) is 0 Å². The van der Waals surface area contributed by atoms with E-state index in [1.165, 1.54) is 0 Å². The Balaban J connectivity index is 2.17. The topological polar surface area (TPSA) is 8.81 Å². The Morgan fingerprint density at radius 3 is 2.36 bits per heavy atom. The quantitative estimate of drug-likeness (QED) is 0.563. The summed E-state index contributed by atoms with van der Waals surface area (Å²) < 4.78 is 29.7. The average Bonchev–Trinajstić information content (AvgIpc) is 2.97. The van der Waals surface area contributed by atoms with Crippen molar-refractivity contribution in [1.29, 1.82) is 0 Å². The van der Waals surface area contributed by atoms with Crippen LogP contribution < -0.4 is 4.68 Å². The minimum Gasteiger partial charge on any atom is -0.124 e. The van der Waals surface area contributed by atoms with Crippen molar-refractivity contribution in [2.75, 3.05) is 0 Å². The molecule has 1 aromatic heterocycles. The number of benzene rings is 2. The van der Waals surface area contributed by atoms with Crippen molar-refractivity contribution in [2.45, 2.75) is 45.4 Å². The molecule has 1 aliphatic rings. The summed E-state index contributed by atoms with van der Waals surface area (Å²) in [4.78, 5) is 0. The van der Waals surface area contributed by atoms with Crippen molar-refractivity contribution in [3.05, 3.63) is 71.4 Å². The molecule has 2 nitrogen and oxygen atoms in total. The maximum Gasteiger partial charge on any atom is 0.239 e. The van der Waals surface area contributed by atoms with Gasteiger partial charge in [0, 0.05) is 26.6 Å². The van der Waals surface area contributed by atoms with Gasteiger partial charge in [-0.15, -0.1) is 9.36 Å². The highest BCUT2D eigenvalue weighted by Gasteiger charge is 2.50. The lowest BCUT2D eigenvalue weighted by atomic mass is 9.60. The van der Waals surface area contributed by atoms with Gasteiger partial charge in [-0.3, -0.25) is 0 Å². The molecule has 0 radical (unpaired) electrons. The minimum absolute atomic E-state index is 0.561. The third-order valence-corrected chi connectivity index (χ3v) is 6.11. The fourth-order valence-electron chi connectivity index (χ4n) is 4.09. The van der Waals surface area contributed by atoms with E-state index >= 15 is 0 Å². The normalized spacial score (nSPS) is 23.2. The van der Waals surface area contributed by atoms with E-state index in [0.717, 1.165) is 33.8 Å². The van der Waals surface area contributed by atoms with Crippen molar-refractivity contribution in [1.82, 2.24) is 4.68 Å². The zero-order valence-corrected chi connectivity index (χ0v) is 15.6. The SMILES string of the molecule is [2H]C([2H])([2H])C1(C)c2cc(-c3ccccc3)[n+](C)n2-c2c(C)cccc2C1(C)C. The lowest BCUT2D eigenvalue weighted by Crippen LogP contribution is -2.51.